The molecule has 2 atom stereocenters. The molecule has 0 aromatic carbocycles. The van der Waals surface area contributed by atoms with E-state index in [0.29, 0.717) is 18.8 Å². The van der Waals surface area contributed by atoms with Crippen molar-refractivity contribution in [1.82, 2.24) is 4.40 Å². The van der Waals surface area contributed by atoms with Gasteiger partial charge in [-0.1, -0.05) is 31.9 Å². The van der Waals surface area contributed by atoms with E-state index in [1.165, 1.54) is 11.8 Å². The Balaban J connectivity index is 2.69. The van der Waals surface area contributed by atoms with Crippen molar-refractivity contribution in [3.8, 4) is 0 Å². The first-order chi connectivity index (χ1) is 12.4. The van der Waals surface area contributed by atoms with Gasteiger partial charge < -0.3 is 13.9 Å². The maximum atomic E-state index is 12.6. The van der Waals surface area contributed by atoms with Crippen molar-refractivity contribution in [1.29, 1.82) is 0 Å². The van der Waals surface area contributed by atoms with E-state index in [1.807, 2.05) is 35.9 Å². The van der Waals surface area contributed by atoms with Crippen LogP contribution >= 0.6 is 43.6 Å². The van der Waals surface area contributed by atoms with Gasteiger partial charge in [-0.15, -0.1) is 11.8 Å². The lowest BCUT2D eigenvalue weighted by Gasteiger charge is -2.17. The molecule has 2 heterocycles. The minimum atomic E-state index is -0.595. The Kier molecular flexibility index (Phi) is 7.61. The monoisotopic (exact) mass is 505 g/mol. The predicted octanol–water partition coefficient (Wildman–Crippen LogP) is 4.91. The fraction of sp³-hybridized carbons (Fsp3) is 0.444. The highest BCUT2D eigenvalue weighted by molar-refractivity contribution is 9.12. The number of hydrogen-bond acceptors (Lipinski definition) is 5. The molecule has 0 bridgehead atoms. The number of thioether (sulfide) groups is 1. The van der Waals surface area contributed by atoms with E-state index in [1.54, 1.807) is 13.8 Å². The van der Waals surface area contributed by atoms with Crippen molar-refractivity contribution in [3.05, 3.63) is 35.2 Å². The Bertz CT molecular complexity index is 821. The number of carbonyl (C=O) groups excluding carboxylic acids is 2. The molecular formula is C18H21Br2NO4S. The zero-order valence-electron chi connectivity index (χ0n) is 15.0. The van der Waals surface area contributed by atoms with Crippen LogP contribution in [0.3, 0.4) is 0 Å². The number of aryl methyl sites for hydroxylation is 1. The lowest BCUT2D eigenvalue weighted by molar-refractivity contribution is -0.142. The number of aromatic nitrogens is 1. The van der Waals surface area contributed by atoms with Crippen LogP contribution in [0.15, 0.2) is 23.2 Å². The van der Waals surface area contributed by atoms with Crippen molar-refractivity contribution < 1.29 is 19.1 Å². The van der Waals surface area contributed by atoms with E-state index < -0.39 is 4.83 Å². The molecule has 2 unspecified atom stereocenters. The molecule has 0 fully saturated rings. The van der Waals surface area contributed by atoms with Crippen LogP contribution in [0.4, 0.5) is 0 Å². The van der Waals surface area contributed by atoms with Crippen LogP contribution in [-0.2, 0) is 14.3 Å². The molecule has 0 aliphatic heterocycles. The van der Waals surface area contributed by atoms with E-state index in [0.717, 1.165) is 21.7 Å². The molecule has 26 heavy (non-hydrogen) atoms. The van der Waals surface area contributed by atoms with Crippen LogP contribution in [0, 0.1) is 6.92 Å². The van der Waals surface area contributed by atoms with Gasteiger partial charge in [0.25, 0.3) is 0 Å². The predicted molar refractivity (Wildman–Crippen MR) is 111 cm³/mol. The average Bonchev–Trinajstić information content (AvgIpc) is 2.94. The number of ether oxygens (including phenoxy) is 2. The highest BCUT2D eigenvalue weighted by Crippen LogP contribution is 2.42. The summed E-state index contributed by atoms with van der Waals surface area (Å²) >= 11 is 8.50. The third kappa shape index (κ3) is 4.12. The number of nitrogens with zero attached hydrogens (tertiary/aromatic N) is 1. The highest BCUT2D eigenvalue weighted by atomic mass is 79.9. The average molecular weight is 507 g/mol. The number of esters is 2. The van der Waals surface area contributed by atoms with Crippen molar-refractivity contribution in [2.75, 3.05) is 19.5 Å². The van der Waals surface area contributed by atoms with E-state index in [4.69, 9.17) is 9.47 Å². The summed E-state index contributed by atoms with van der Waals surface area (Å²) in [6, 6.07) is 3.91. The van der Waals surface area contributed by atoms with Gasteiger partial charge in [0.15, 0.2) is 0 Å². The number of pyridine rings is 1. The summed E-state index contributed by atoms with van der Waals surface area (Å²) in [7, 11) is 0. The number of carbonyl (C=O) groups is 2. The number of alkyl halides is 2. The number of rotatable bonds is 7. The van der Waals surface area contributed by atoms with Crippen LogP contribution in [-0.4, -0.2) is 40.6 Å². The van der Waals surface area contributed by atoms with Gasteiger partial charge in [-0.25, -0.2) is 4.79 Å². The first-order valence-corrected chi connectivity index (χ1v) is 11.2. The molecule has 2 aromatic heterocycles. The Morgan fingerprint density at radius 2 is 1.88 bits per heavy atom. The van der Waals surface area contributed by atoms with Gasteiger partial charge in [0.05, 0.1) is 34.8 Å². The summed E-state index contributed by atoms with van der Waals surface area (Å²) in [5, 5.41) is 0. The molecule has 2 aromatic rings. The maximum Gasteiger partial charge on any atom is 0.341 e. The van der Waals surface area contributed by atoms with Crippen LogP contribution < -0.4 is 0 Å². The minimum absolute atomic E-state index is 0.298. The number of hydrogen-bond donors (Lipinski definition) is 0. The second-order valence-corrected chi connectivity index (χ2v) is 8.32. The highest BCUT2D eigenvalue weighted by Gasteiger charge is 2.34. The molecule has 0 saturated carbocycles. The quantitative estimate of drug-likeness (QED) is 0.303. The Morgan fingerprint density at radius 3 is 2.46 bits per heavy atom. The third-order valence-electron chi connectivity index (χ3n) is 3.80. The summed E-state index contributed by atoms with van der Waals surface area (Å²) in [6.07, 6.45) is 3.81. The van der Waals surface area contributed by atoms with Crippen molar-refractivity contribution in [2.45, 2.75) is 35.3 Å². The van der Waals surface area contributed by atoms with Crippen molar-refractivity contribution >= 4 is 61.1 Å². The van der Waals surface area contributed by atoms with E-state index in [2.05, 4.69) is 31.9 Å². The topological polar surface area (TPSA) is 57.0 Å². The maximum absolute atomic E-state index is 12.6. The second kappa shape index (κ2) is 9.28. The summed E-state index contributed by atoms with van der Waals surface area (Å²) in [5.41, 5.74) is 3.12. The molecule has 0 radical (unpaired) electrons. The minimum Gasteiger partial charge on any atom is -0.465 e. The fourth-order valence-electron chi connectivity index (χ4n) is 2.71. The van der Waals surface area contributed by atoms with E-state index in [9.17, 15) is 9.59 Å². The fourth-order valence-corrected chi connectivity index (χ4v) is 4.73. The van der Waals surface area contributed by atoms with E-state index >= 15 is 0 Å². The van der Waals surface area contributed by atoms with Crippen molar-refractivity contribution in [2.24, 2.45) is 0 Å². The molecule has 0 amide bonds. The molecule has 0 spiro atoms. The molecule has 2 rings (SSSR count). The first-order valence-electron chi connectivity index (χ1n) is 8.17. The van der Waals surface area contributed by atoms with Gasteiger partial charge in [0.1, 0.15) is 4.83 Å². The van der Waals surface area contributed by atoms with Crippen LogP contribution in [0.1, 0.15) is 40.3 Å². The molecule has 8 heteroatoms. The van der Waals surface area contributed by atoms with Gasteiger partial charge in [0, 0.05) is 11.1 Å². The van der Waals surface area contributed by atoms with Crippen molar-refractivity contribution in [3.63, 3.8) is 0 Å². The van der Waals surface area contributed by atoms with Gasteiger partial charge in [-0.2, -0.15) is 0 Å². The second-order valence-electron chi connectivity index (χ2n) is 5.53. The van der Waals surface area contributed by atoms with Crippen LogP contribution in [0.5, 0.6) is 0 Å². The smallest absolute Gasteiger partial charge is 0.341 e. The molecule has 0 N–H and O–H groups in total. The number of halogens is 2. The molecule has 0 saturated heterocycles. The van der Waals surface area contributed by atoms with E-state index in [-0.39, 0.29) is 16.8 Å². The molecule has 5 nitrogen and oxygen atoms in total. The van der Waals surface area contributed by atoms with Gasteiger partial charge in [-0.3, -0.25) is 4.79 Å². The van der Waals surface area contributed by atoms with Gasteiger partial charge in [0.2, 0.25) is 0 Å². The largest absolute Gasteiger partial charge is 0.465 e. The molecule has 0 aliphatic carbocycles. The Labute approximate surface area is 174 Å². The normalized spacial score (nSPS) is 13.5. The Morgan fingerprint density at radius 1 is 1.23 bits per heavy atom. The molecule has 0 aliphatic rings. The zero-order valence-corrected chi connectivity index (χ0v) is 19.0. The van der Waals surface area contributed by atoms with Crippen LogP contribution in [0.25, 0.3) is 5.52 Å². The van der Waals surface area contributed by atoms with Crippen LogP contribution in [0.2, 0.25) is 0 Å². The lowest BCUT2D eigenvalue weighted by atomic mass is 10.2. The first kappa shape index (κ1) is 21.3. The van der Waals surface area contributed by atoms with Gasteiger partial charge in [-0.05, 0) is 44.7 Å². The van der Waals surface area contributed by atoms with Gasteiger partial charge >= 0.3 is 11.9 Å². The summed E-state index contributed by atoms with van der Waals surface area (Å²) in [6.45, 7) is 6.12. The number of fused-ring (bicyclic) bond motifs is 1. The Hall–Kier alpha value is -0.990. The zero-order chi connectivity index (χ0) is 19.4. The third-order valence-corrected chi connectivity index (χ3v) is 7.20. The standard InChI is InChI=1S/C18H21Br2NO4S/c1-5-24-17(22)12-11-9-10(3)7-8-21(11)15(16(12)26-4)13(19)14(20)18(23)25-6-2/h7-9,13-14H,5-6H2,1-4H3. The SMILES string of the molecule is CCOC(=O)c1c(SC)c(C(Br)C(Br)C(=O)OCC)n2ccc(C)cc12. The summed E-state index contributed by atoms with van der Waals surface area (Å²) < 4.78 is 12.3. The lowest BCUT2D eigenvalue weighted by Crippen LogP contribution is -2.22. The summed E-state index contributed by atoms with van der Waals surface area (Å²) in [4.78, 5) is 24.6. The molecule has 142 valence electrons. The summed E-state index contributed by atoms with van der Waals surface area (Å²) in [5.74, 6) is -0.727. The molecular weight excluding hydrogens is 486 g/mol.